The molecule has 15 heavy (non-hydrogen) atoms. The molecule has 0 aromatic rings. The molecule has 0 aromatic heterocycles. The van der Waals surface area contributed by atoms with Gasteiger partial charge in [-0.15, -0.1) is 0 Å². The quantitative estimate of drug-likeness (QED) is 0.731. The summed E-state index contributed by atoms with van der Waals surface area (Å²) in [5.41, 5.74) is -0.586. The average Bonchev–Trinajstić information content (AvgIpc) is 3.05. The van der Waals surface area contributed by atoms with E-state index in [1.54, 1.807) is 0 Å². The Balaban J connectivity index is 2.16. The van der Waals surface area contributed by atoms with Crippen LogP contribution in [0.4, 0.5) is 0 Å². The van der Waals surface area contributed by atoms with Gasteiger partial charge in [0.1, 0.15) is 5.54 Å². The van der Waals surface area contributed by atoms with Gasteiger partial charge in [0.05, 0.1) is 0 Å². The summed E-state index contributed by atoms with van der Waals surface area (Å²) < 4.78 is 0. The zero-order valence-corrected chi connectivity index (χ0v) is 9.70. The molecule has 0 bridgehead atoms. The van der Waals surface area contributed by atoms with Crippen LogP contribution in [0.3, 0.4) is 0 Å². The van der Waals surface area contributed by atoms with E-state index < -0.39 is 11.5 Å². The SMILES string of the molecule is CCCN(C1CC1)C(C)(C(=O)O)C1CC1. The molecule has 0 aromatic carbocycles. The van der Waals surface area contributed by atoms with Crippen LogP contribution in [0.1, 0.15) is 46.0 Å². The van der Waals surface area contributed by atoms with Crippen molar-refractivity contribution >= 4 is 5.97 Å². The van der Waals surface area contributed by atoms with Gasteiger partial charge in [-0.25, -0.2) is 0 Å². The van der Waals surface area contributed by atoms with Gasteiger partial charge in [0, 0.05) is 6.04 Å². The first-order chi connectivity index (χ1) is 7.10. The fourth-order valence-corrected chi connectivity index (χ4v) is 2.60. The van der Waals surface area contributed by atoms with Gasteiger partial charge < -0.3 is 5.11 Å². The monoisotopic (exact) mass is 211 g/mol. The van der Waals surface area contributed by atoms with Crippen LogP contribution in [0.15, 0.2) is 0 Å². The van der Waals surface area contributed by atoms with Gasteiger partial charge in [-0.3, -0.25) is 9.69 Å². The second-order valence-corrected chi connectivity index (χ2v) is 5.15. The molecule has 1 atom stereocenters. The van der Waals surface area contributed by atoms with E-state index in [1.165, 1.54) is 12.8 Å². The highest BCUT2D eigenvalue weighted by atomic mass is 16.4. The summed E-state index contributed by atoms with van der Waals surface area (Å²) in [5.74, 6) is -0.229. The Morgan fingerprint density at radius 2 is 2.00 bits per heavy atom. The molecule has 2 aliphatic carbocycles. The lowest BCUT2D eigenvalue weighted by Gasteiger charge is -2.38. The summed E-state index contributed by atoms with van der Waals surface area (Å²) in [5, 5.41) is 9.47. The maximum atomic E-state index is 11.5. The minimum Gasteiger partial charge on any atom is -0.480 e. The fourth-order valence-electron chi connectivity index (χ4n) is 2.60. The zero-order valence-electron chi connectivity index (χ0n) is 9.70. The molecule has 86 valence electrons. The van der Waals surface area contributed by atoms with Crippen molar-refractivity contribution < 1.29 is 9.90 Å². The Bertz CT molecular complexity index is 258. The van der Waals surface area contributed by atoms with E-state index in [0.29, 0.717) is 12.0 Å². The van der Waals surface area contributed by atoms with Crippen molar-refractivity contribution in [3.63, 3.8) is 0 Å². The highest BCUT2D eigenvalue weighted by Crippen LogP contribution is 2.46. The van der Waals surface area contributed by atoms with E-state index in [1.807, 2.05) is 6.92 Å². The molecule has 2 fully saturated rings. The molecule has 0 radical (unpaired) electrons. The van der Waals surface area contributed by atoms with Gasteiger partial charge in [-0.1, -0.05) is 6.92 Å². The van der Waals surface area contributed by atoms with Gasteiger partial charge >= 0.3 is 5.97 Å². The summed E-state index contributed by atoms with van der Waals surface area (Å²) in [4.78, 5) is 13.8. The van der Waals surface area contributed by atoms with Gasteiger partial charge in [-0.2, -0.15) is 0 Å². The van der Waals surface area contributed by atoms with E-state index in [4.69, 9.17) is 0 Å². The fraction of sp³-hybridized carbons (Fsp3) is 0.917. The number of nitrogens with zero attached hydrogens (tertiary/aromatic N) is 1. The van der Waals surface area contributed by atoms with Crippen LogP contribution in [-0.2, 0) is 4.79 Å². The van der Waals surface area contributed by atoms with Gasteiger partial charge in [0.25, 0.3) is 0 Å². The number of aliphatic carboxylic acids is 1. The molecule has 2 saturated carbocycles. The second kappa shape index (κ2) is 3.78. The Morgan fingerprint density at radius 3 is 2.33 bits per heavy atom. The molecule has 0 amide bonds. The smallest absolute Gasteiger partial charge is 0.324 e. The van der Waals surface area contributed by atoms with Crippen LogP contribution in [0.5, 0.6) is 0 Å². The first kappa shape index (κ1) is 10.9. The maximum Gasteiger partial charge on any atom is 0.324 e. The largest absolute Gasteiger partial charge is 0.480 e. The van der Waals surface area contributed by atoms with Crippen molar-refractivity contribution in [3.8, 4) is 0 Å². The number of rotatable bonds is 6. The van der Waals surface area contributed by atoms with Crippen molar-refractivity contribution in [1.82, 2.24) is 4.90 Å². The molecule has 2 rings (SSSR count). The van der Waals surface area contributed by atoms with Crippen LogP contribution in [0.25, 0.3) is 0 Å². The third-order valence-corrected chi connectivity index (χ3v) is 3.85. The molecule has 0 aliphatic heterocycles. The minimum absolute atomic E-state index is 0.391. The molecule has 0 heterocycles. The summed E-state index contributed by atoms with van der Waals surface area (Å²) in [6.45, 7) is 5.00. The highest BCUT2D eigenvalue weighted by molar-refractivity contribution is 5.79. The lowest BCUT2D eigenvalue weighted by molar-refractivity contribution is -0.152. The van der Waals surface area contributed by atoms with Crippen LogP contribution < -0.4 is 0 Å². The summed E-state index contributed by atoms with van der Waals surface area (Å²) in [7, 11) is 0. The van der Waals surface area contributed by atoms with Crippen molar-refractivity contribution in [2.45, 2.75) is 57.5 Å². The summed E-state index contributed by atoms with van der Waals surface area (Å²) in [6, 6.07) is 0.548. The first-order valence-electron chi connectivity index (χ1n) is 6.10. The average molecular weight is 211 g/mol. The Morgan fingerprint density at radius 1 is 1.40 bits per heavy atom. The third kappa shape index (κ3) is 1.89. The number of hydrogen-bond acceptors (Lipinski definition) is 2. The second-order valence-electron chi connectivity index (χ2n) is 5.15. The molecule has 0 saturated heterocycles. The molecule has 1 N–H and O–H groups in total. The standard InChI is InChI=1S/C12H21NO2/c1-3-8-13(10-6-7-10)12(2,11(14)15)9-4-5-9/h9-10H,3-8H2,1-2H3,(H,14,15). The third-order valence-electron chi connectivity index (χ3n) is 3.85. The van der Waals surface area contributed by atoms with E-state index in [-0.39, 0.29) is 0 Å². The van der Waals surface area contributed by atoms with E-state index in [2.05, 4.69) is 11.8 Å². The predicted octanol–water partition coefficient (Wildman–Crippen LogP) is 2.11. The van der Waals surface area contributed by atoms with Gasteiger partial charge in [0.2, 0.25) is 0 Å². The summed E-state index contributed by atoms with van der Waals surface area (Å²) in [6.07, 6.45) is 5.61. The zero-order chi connectivity index (χ0) is 11.1. The molecule has 3 nitrogen and oxygen atoms in total. The van der Waals surface area contributed by atoms with Crippen LogP contribution >= 0.6 is 0 Å². The van der Waals surface area contributed by atoms with Crippen molar-refractivity contribution in [1.29, 1.82) is 0 Å². The van der Waals surface area contributed by atoms with Crippen molar-refractivity contribution in [2.24, 2.45) is 5.92 Å². The summed E-state index contributed by atoms with van der Waals surface area (Å²) >= 11 is 0. The number of carboxylic acids is 1. The molecule has 3 heteroatoms. The van der Waals surface area contributed by atoms with E-state index >= 15 is 0 Å². The van der Waals surface area contributed by atoms with Crippen molar-refractivity contribution in [2.75, 3.05) is 6.54 Å². The molecular formula is C12H21NO2. The lowest BCUT2D eigenvalue weighted by atomic mass is 9.93. The first-order valence-corrected chi connectivity index (χ1v) is 6.10. The van der Waals surface area contributed by atoms with Crippen LogP contribution in [0, 0.1) is 5.92 Å². The van der Waals surface area contributed by atoms with E-state index in [9.17, 15) is 9.90 Å². The number of carboxylic acid groups (broad SMARTS) is 1. The van der Waals surface area contributed by atoms with Gasteiger partial charge in [0.15, 0.2) is 0 Å². The number of hydrogen-bond donors (Lipinski definition) is 1. The van der Waals surface area contributed by atoms with Crippen molar-refractivity contribution in [3.05, 3.63) is 0 Å². The maximum absolute atomic E-state index is 11.5. The Labute approximate surface area is 91.5 Å². The van der Waals surface area contributed by atoms with E-state index in [0.717, 1.165) is 25.8 Å². The normalized spacial score (nSPS) is 25.3. The lowest BCUT2D eigenvalue weighted by Crippen LogP contribution is -2.55. The molecular weight excluding hydrogens is 190 g/mol. The van der Waals surface area contributed by atoms with Crippen LogP contribution in [0.2, 0.25) is 0 Å². The number of carbonyl (C=O) groups is 1. The Hall–Kier alpha value is -0.570. The minimum atomic E-state index is -0.620. The molecule has 2 aliphatic rings. The predicted molar refractivity (Wildman–Crippen MR) is 58.8 cm³/mol. The van der Waals surface area contributed by atoms with Crippen LogP contribution in [-0.4, -0.2) is 34.1 Å². The molecule has 0 spiro atoms. The Kier molecular flexibility index (Phi) is 2.75. The molecule has 1 unspecified atom stereocenters. The van der Waals surface area contributed by atoms with Gasteiger partial charge in [-0.05, 0) is 51.5 Å². The highest BCUT2D eigenvalue weighted by Gasteiger charge is 2.54. The topological polar surface area (TPSA) is 40.5 Å².